The van der Waals surface area contributed by atoms with Gasteiger partial charge in [-0.1, -0.05) is 75.0 Å². The van der Waals surface area contributed by atoms with Crippen LogP contribution in [0.3, 0.4) is 0 Å². The molecular weight excluding hydrogens is 252 g/mol. The third-order valence-corrected chi connectivity index (χ3v) is 2.46. The third-order valence-electron chi connectivity index (χ3n) is 2.46. The van der Waals surface area contributed by atoms with Gasteiger partial charge in [-0.25, -0.2) is 0 Å². The highest BCUT2D eigenvalue weighted by atomic mass is 32.1. The topological polar surface area (TPSA) is 17.1 Å². The van der Waals surface area contributed by atoms with Gasteiger partial charge < -0.3 is 0 Å². The van der Waals surface area contributed by atoms with Crippen LogP contribution in [0, 0.1) is 0 Å². The van der Waals surface area contributed by atoms with E-state index < -0.39 is 0 Å². The summed E-state index contributed by atoms with van der Waals surface area (Å²) in [5.74, 6) is -0.0420. The Morgan fingerprint density at radius 1 is 0.947 bits per heavy atom. The summed E-state index contributed by atoms with van der Waals surface area (Å²) in [6, 6.07) is 17.6. The molecule has 0 saturated heterocycles. The van der Waals surface area contributed by atoms with E-state index in [1.807, 2.05) is 68.4 Å². The summed E-state index contributed by atoms with van der Waals surface area (Å²) in [5, 5.41) is 0. The maximum atomic E-state index is 11.3. The van der Waals surface area contributed by atoms with Gasteiger partial charge in [0.1, 0.15) is 0 Å². The molecule has 102 valence electrons. The van der Waals surface area contributed by atoms with Gasteiger partial charge in [-0.05, 0) is 17.2 Å². The van der Waals surface area contributed by atoms with Crippen LogP contribution in [0.15, 0.2) is 67.3 Å². The van der Waals surface area contributed by atoms with Crippen LogP contribution < -0.4 is 0 Å². The molecular formula is C17H22OS. The smallest absolute Gasteiger partial charge is 0.185 e. The molecule has 0 fully saturated rings. The minimum atomic E-state index is -0.0420. The first-order chi connectivity index (χ1) is 8.81. The first kappa shape index (κ1) is 17.2. The molecule has 1 nitrogen and oxygen atoms in total. The fourth-order valence-corrected chi connectivity index (χ4v) is 1.58. The van der Waals surface area contributed by atoms with Crippen molar-refractivity contribution in [1.29, 1.82) is 0 Å². The van der Waals surface area contributed by atoms with Crippen LogP contribution >= 0.6 is 13.5 Å². The molecule has 0 aromatic heterocycles. The first-order valence-electron chi connectivity index (χ1n) is 6.13. The molecule has 19 heavy (non-hydrogen) atoms. The molecule has 2 rings (SSSR count). The summed E-state index contributed by atoms with van der Waals surface area (Å²) in [4.78, 5) is 11.3. The molecule has 0 spiro atoms. The van der Waals surface area contributed by atoms with E-state index in [4.69, 9.17) is 0 Å². The van der Waals surface area contributed by atoms with Crippen molar-refractivity contribution in [2.75, 3.05) is 0 Å². The fourth-order valence-electron chi connectivity index (χ4n) is 1.58. The van der Waals surface area contributed by atoms with Crippen LogP contribution in [-0.2, 0) is 0 Å². The molecule has 0 atom stereocenters. The van der Waals surface area contributed by atoms with Gasteiger partial charge in [-0.3, -0.25) is 4.79 Å². The lowest BCUT2D eigenvalue weighted by atomic mass is 10.0. The van der Waals surface area contributed by atoms with Gasteiger partial charge in [0.05, 0.1) is 0 Å². The quantitative estimate of drug-likeness (QED) is 0.561. The summed E-state index contributed by atoms with van der Waals surface area (Å²) in [7, 11) is 0. The lowest BCUT2D eigenvalue weighted by Crippen LogP contribution is -1.92. The largest absolute Gasteiger partial charge is 0.289 e. The zero-order valence-electron chi connectivity index (χ0n) is 11.4. The Morgan fingerprint density at radius 3 is 1.89 bits per heavy atom. The Kier molecular flexibility index (Phi) is 8.30. The lowest BCUT2D eigenvalue weighted by Gasteiger charge is -2.02. The highest BCUT2D eigenvalue weighted by Crippen LogP contribution is 2.19. The van der Waals surface area contributed by atoms with Crippen LogP contribution in [0.1, 0.15) is 25.6 Å². The maximum Gasteiger partial charge on any atom is 0.185 e. The van der Waals surface area contributed by atoms with Gasteiger partial charge >= 0.3 is 0 Å². The van der Waals surface area contributed by atoms with Crippen LogP contribution in [0.2, 0.25) is 0 Å². The first-order valence-corrected chi connectivity index (χ1v) is 6.13. The van der Waals surface area contributed by atoms with Gasteiger partial charge in [-0.2, -0.15) is 13.5 Å². The van der Waals surface area contributed by atoms with Crippen LogP contribution in [-0.4, -0.2) is 5.78 Å². The van der Waals surface area contributed by atoms with Gasteiger partial charge in [0, 0.05) is 6.99 Å². The van der Waals surface area contributed by atoms with E-state index in [9.17, 15) is 4.79 Å². The van der Waals surface area contributed by atoms with E-state index in [0.29, 0.717) is 5.56 Å². The summed E-state index contributed by atoms with van der Waals surface area (Å²) in [6.45, 7) is 7.47. The van der Waals surface area contributed by atoms with E-state index in [0.717, 1.165) is 11.1 Å². The highest BCUT2D eigenvalue weighted by Gasteiger charge is 2.01. The predicted molar refractivity (Wildman–Crippen MR) is 90.2 cm³/mol. The Labute approximate surface area is 123 Å². The van der Waals surface area contributed by atoms with Gasteiger partial charge in [0.2, 0.25) is 0 Å². The zero-order chi connectivity index (χ0) is 13.4. The second-order valence-electron chi connectivity index (χ2n) is 3.51. The van der Waals surface area contributed by atoms with E-state index in [-0.39, 0.29) is 20.7 Å². The minimum absolute atomic E-state index is 0. The van der Waals surface area contributed by atoms with Crippen LogP contribution in [0.25, 0.3) is 11.1 Å². The fraction of sp³-hybridized carbons (Fsp3) is 0.118. The Morgan fingerprint density at radius 2 is 1.42 bits per heavy atom. The van der Waals surface area contributed by atoms with Crippen molar-refractivity contribution in [3.63, 3.8) is 0 Å². The SMILES string of the molecule is C=CC(=O)c1ccc(-c2ccccc2)cc1.CC.S.[HH]. The molecule has 0 amide bonds. The zero-order valence-corrected chi connectivity index (χ0v) is 12.4. The van der Waals surface area contributed by atoms with Crippen molar-refractivity contribution in [3.8, 4) is 11.1 Å². The second-order valence-corrected chi connectivity index (χ2v) is 3.51. The molecule has 0 heterocycles. The Hall–Kier alpha value is -1.80. The molecule has 2 aromatic carbocycles. The number of benzene rings is 2. The highest BCUT2D eigenvalue weighted by molar-refractivity contribution is 7.59. The molecule has 2 heteroatoms. The standard InChI is InChI=1S/C15H12O.C2H6.H2S.H2/c1-2-15(16)14-10-8-13(9-11-14)12-6-4-3-5-7-12;1-2;;/h2-11H,1H2;1-2H3;1H2;1H. The number of rotatable bonds is 3. The molecule has 0 N–H and O–H groups in total. The summed E-state index contributed by atoms with van der Waals surface area (Å²) in [6.07, 6.45) is 1.33. The molecule has 0 radical (unpaired) electrons. The number of carbonyl (C=O) groups is 1. The summed E-state index contributed by atoms with van der Waals surface area (Å²) < 4.78 is 0. The molecule has 0 bridgehead atoms. The third kappa shape index (κ3) is 4.76. The Balaban J connectivity index is 0. The molecule has 0 aliphatic rings. The second kappa shape index (κ2) is 9.17. The van der Waals surface area contributed by atoms with Crippen molar-refractivity contribution in [2.24, 2.45) is 0 Å². The number of hydrogen-bond acceptors (Lipinski definition) is 1. The number of hydrogen-bond donors (Lipinski definition) is 0. The molecule has 0 aliphatic heterocycles. The number of ketones is 1. The molecule has 0 aliphatic carbocycles. The van der Waals surface area contributed by atoms with Crippen LogP contribution in [0.5, 0.6) is 0 Å². The summed E-state index contributed by atoms with van der Waals surface area (Å²) in [5.41, 5.74) is 2.94. The van der Waals surface area contributed by atoms with Crippen molar-refractivity contribution >= 4 is 19.3 Å². The molecule has 0 saturated carbocycles. The van der Waals surface area contributed by atoms with E-state index in [1.165, 1.54) is 6.08 Å². The van der Waals surface area contributed by atoms with Crippen LogP contribution in [0.4, 0.5) is 0 Å². The van der Waals surface area contributed by atoms with Crippen molar-refractivity contribution in [2.45, 2.75) is 13.8 Å². The van der Waals surface area contributed by atoms with Crippen molar-refractivity contribution in [1.82, 2.24) is 0 Å². The van der Waals surface area contributed by atoms with Crippen molar-refractivity contribution in [3.05, 3.63) is 72.8 Å². The van der Waals surface area contributed by atoms with E-state index >= 15 is 0 Å². The number of carbonyl (C=O) groups excluding carboxylic acids is 1. The van der Waals surface area contributed by atoms with Gasteiger partial charge in [-0.15, -0.1) is 0 Å². The van der Waals surface area contributed by atoms with Gasteiger partial charge in [0.25, 0.3) is 0 Å². The van der Waals surface area contributed by atoms with E-state index in [2.05, 4.69) is 6.58 Å². The average Bonchev–Trinajstić information content (AvgIpc) is 2.49. The molecule has 0 unspecified atom stereocenters. The maximum absolute atomic E-state index is 11.3. The summed E-state index contributed by atoms with van der Waals surface area (Å²) >= 11 is 0. The lowest BCUT2D eigenvalue weighted by molar-refractivity contribution is 0.104. The molecule has 2 aromatic rings. The minimum Gasteiger partial charge on any atom is -0.289 e. The van der Waals surface area contributed by atoms with Gasteiger partial charge in [0.15, 0.2) is 5.78 Å². The monoisotopic (exact) mass is 274 g/mol. The van der Waals surface area contributed by atoms with E-state index in [1.54, 1.807) is 0 Å². The Bertz CT molecular complexity index is 506. The predicted octanol–water partition coefficient (Wildman–Crippen LogP) is 5.11. The van der Waals surface area contributed by atoms with Crippen molar-refractivity contribution < 1.29 is 6.22 Å². The average molecular weight is 274 g/mol. The normalized spacial score (nSPS) is 8.53. The number of allylic oxidation sites excluding steroid dienone is 1.